The molecule has 1 saturated heterocycles. The van der Waals surface area contributed by atoms with E-state index in [4.69, 9.17) is 14.2 Å². The van der Waals surface area contributed by atoms with Crippen molar-refractivity contribution in [1.82, 2.24) is 5.32 Å². The van der Waals surface area contributed by atoms with E-state index in [1.54, 1.807) is 21.3 Å². The molecule has 0 aliphatic carbocycles. The second-order valence-corrected chi connectivity index (χ2v) is 4.87. The van der Waals surface area contributed by atoms with Gasteiger partial charge in [0.1, 0.15) is 5.75 Å². The largest absolute Gasteiger partial charge is 0.496 e. The van der Waals surface area contributed by atoms with E-state index >= 15 is 0 Å². The minimum atomic E-state index is 0.268. The van der Waals surface area contributed by atoms with Crippen LogP contribution in [0.1, 0.15) is 10.9 Å². The van der Waals surface area contributed by atoms with Gasteiger partial charge in [-0.05, 0) is 6.07 Å². The van der Waals surface area contributed by atoms with Crippen LogP contribution in [0.4, 0.5) is 0 Å². The summed E-state index contributed by atoms with van der Waals surface area (Å²) in [4.78, 5) is 0. The molecular formula is C12H17NO3S. The van der Waals surface area contributed by atoms with Crippen LogP contribution in [0.25, 0.3) is 0 Å². The van der Waals surface area contributed by atoms with E-state index in [1.165, 1.54) is 0 Å². The minimum Gasteiger partial charge on any atom is -0.496 e. The molecule has 1 N–H and O–H groups in total. The first kappa shape index (κ1) is 12.4. The summed E-state index contributed by atoms with van der Waals surface area (Å²) >= 11 is 1.87. The summed E-state index contributed by atoms with van der Waals surface area (Å²) in [6.07, 6.45) is 0. The Bertz CT molecular complexity index is 392. The average molecular weight is 255 g/mol. The summed E-state index contributed by atoms with van der Waals surface area (Å²) in [5, 5.41) is 3.69. The number of nitrogens with one attached hydrogen (secondary N) is 1. The van der Waals surface area contributed by atoms with Crippen LogP contribution < -0.4 is 19.5 Å². The van der Waals surface area contributed by atoms with Gasteiger partial charge in [-0.25, -0.2) is 0 Å². The van der Waals surface area contributed by atoms with Crippen LogP contribution in [0, 0.1) is 0 Å². The number of thioether (sulfide) groups is 1. The lowest BCUT2D eigenvalue weighted by Gasteiger charge is -2.17. The van der Waals surface area contributed by atoms with Gasteiger partial charge in [-0.3, -0.25) is 0 Å². The lowest BCUT2D eigenvalue weighted by molar-refractivity contribution is 0.347. The molecule has 0 spiro atoms. The summed E-state index contributed by atoms with van der Waals surface area (Å²) in [6.45, 7) is 1.02. The maximum Gasteiger partial charge on any atom is 0.164 e. The van der Waals surface area contributed by atoms with Crippen molar-refractivity contribution in [3.63, 3.8) is 0 Å². The Hall–Kier alpha value is -1.07. The fourth-order valence-electron chi connectivity index (χ4n) is 1.88. The number of methoxy groups -OCH3 is 3. The summed E-state index contributed by atoms with van der Waals surface area (Å²) in [5.74, 6) is 3.37. The van der Waals surface area contributed by atoms with E-state index in [-0.39, 0.29) is 5.37 Å². The van der Waals surface area contributed by atoms with Crippen molar-refractivity contribution in [3.05, 3.63) is 17.7 Å². The molecular weight excluding hydrogens is 238 g/mol. The van der Waals surface area contributed by atoms with Crippen molar-refractivity contribution >= 4 is 11.8 Å². The zero-order chi connectivity index (χ0) is 12.3. The quantitative estimate of drug-likeness (QED) is 0.891. The van der Waals surface area contributed by atoms with Crippen molar-refractivity contribution in [3.8, 4) is 17.2 Å². The van der Waals surface area contributed by atoms with Crippen LogP contribution in [-0.4, -0.2) is 33.6 Å². The Morgan fingerprint density at radius 2 is 1.71 bits per heavy atom. The van der Waals surface area contributed by atoms with Crippen molar-refractivity contribution in [2.45, 2.75) is 5.37 Å². The predicted molar refractivity (Wildman–Crippen MR) is 69.3 cm³/mol. The van der Waals surface area contributed by atoms with Gasteiger partial charge in [-0.2, -0.15) is 0 Å². The highest BCUT2D eigenvalue weighted by molar-refractivity contribution is 7.99. The maximum atomic E-state index is 5.41. The van der Waals surface area contributed by atoms with E-state index in [0.29, 0.717) is 5.75 Å². The van der Waals surface area contributed by atoms with Crippen LogP contribution in [0.3, 0.4) is 0 Å². The van der Waals surface area contributed by atoms with Crippen molar-refractivity contribution in [2.24, 2.45) is 0 Å². The number of ether oxygens (including phenoxy) is 3. The molecule has 1 atom stereocenters. The molecule has 1 aliphatic rings. The molecule has 1 aromatic rings. The summed E-state index contributed by atoms with van der Waals surface area (Å²) in [5.41, 5.74) is 1.10. The Morgan fingerprint density at radius 1 is 1.06 bits per heavy atom. The molecule has 2 rings (SSSR count). The van der Waals surface area contributed by atoms with Crippen molar-refractivity contribution in [2.75, 3.05) is 33.6 Å². The van der Waals surface area contributed by atoms with Gasteiger partial charge in [0.15, 0.2) is 11.5 Å². The van der Waals surface area contributed by atoms with Gasteiger partial charge in [0, 0.05) is 23.9 Å². The molecule has 1 heterocycles. The third-order valence-corrected chi connectivity index (χ3v) is 3.93. The molecule has 0 bridgehead atoms. The highest BCUT2D eigenvalue weighted by atomic mass is 32.2. The van der Waals surface area contributed by atoms with Crippen LogP contribution >= 0.6 is 11.8 Å². The van der Waals surface area contributed by atoms with Gasteiger partial charge in [0.05, 0.1) is 26.7 Å². The standard InChI is InChI=1S/C12H17NO3S/c1-14-9-7-11(16-3)10(15-2)6-8(9)12-13-4-5-17-12/h6-7,12-13H,4-5H2,1-3H3/t12-/m0/s1. The van der Waals surface area contributed by atoms with Gasteiger partial charge >= 0.3 is 0 Å². The molecule has 4 nitrogen and oxygen atoms in total. The van der Waals surface area contributed by atoms with Gasteiger partial charge in [0.25, 0.3) is 0 Å². The fourth-order valence-corrected chi connectivity index (χ4v) is 2.95. The Labute approximate surface area is 106 Å². The van der Waals surface area contributed by atoms with E-state index < -0.39 is 0 Å². The number of benzene rings is 1. The monoisotopic (exact) mass is 255 g/mol. The molecule has 0 saturated carbocycles. The molecule has 94 valence electrons. The Balaban J connectivity index is 2.41. The minimum absolute atomic E-state index is 0.268. The van der Waals surface area contributed by atoms with Gasteiger partial charge < -0.3 is 19.5 Å². The Kier molecular flexibility index (Phi) is 4.02. The van der Waals surface area contributed by atoms with Crippen molar-refractivity contribution in [1.29, 1.82) is 0 Å². The predicted octanol–water partition coefficient (Wildman–Crippen LogP) is 2.05. The van der Waals surface area contributed by atoms with Gasteiger partial charge in [-0.15, -0.1) is 11.8 Å². The summed E-state index contributed by atoms with van der Waals surface area (Å²) < 4.78 is 16.0. The molecule has 1 aromatic carbocycles. The fraction of sp³-hybridized carbons (Fsp3) is 0.500. The lowest BCUT2D eigenvalue weighted by Crippen LogP contribution is -2.13. The SMILES string of the molecule is COc1cc(OC)c([C@H]2NCCS2)cc1OC. The normalized spacial score (nSPS) is 19.1. The second-order valence-electron chi connectivity index (χ2n) is 3.65. The molecule has 0 amide bonds. The number of rotatable bonds is 4. The second kappa shape index (κ2) is 5.51. The molecule has 0 radical (unpaired) electrons. The van der Waals surface area contributed by atoms with Crippen molar-refractivity contribution < 1.29 is 14.2 Å². The smallest absolute Gasteiger partial charge is 0.164 e. The molecule has 1 aliphatic heterocycles. The summed E-state index contributed by atoms with van der Waals surface area (Å²) in [7, 11) is 4.94. The molecule has 0 unspecified atom stereocenters. The van der Waals surface area contributed by atoms with Gasteiger partial charge in [-0.1, -0.05) is 0 Å². The number of hydrogen-bond donors (Lipinski definition) is 1. The highest BCUT2D eigenvalue weighted by Crippen LogP contribution is 2.41. The molecule has 1 fully saturated rings. The van der Waals surface area contributed by atoms with Crippen LogP contribution in [0.2, 0.25) is 0 Å². The van der Waals surface area contributed by atoms with E-state index in [1.807, 2.05) is 23.9 Å². The van der Waals surface area contributed by atoms with E-state index in [9.17, 15) is 0 Å². The van der Waals surface area contributed by atoms with Gasteiger partial charge in [0.2, 0.25) is 0 Å². The Morgan fingerprint density at radius 3 is 2.24 bits per heavy atom. The third kappa shape index (κ3) is 2.45. The van der Waals surface area contributed by atoms with Crippen LogP contribution in [0.5, 0.6) is 17.2 Å². The maximum absolute atomic E-state index is 5.41. The van der Waals surface area contributed by atoms with Crippen LogP contribution in [-0.2, 0) is 0 Å². The number of hydrogen-bond acceptors (Lipinski definition) is 5. The highest BCUT2D eigenvalue weighted by Gasteiger charge is 2.22. The molecule has 5 heteroatoms. The first-order chi connectivity index (χ1) is 8.30. The third-order valence-electron chi connectivity index (χ3n) is 2.73. The summed E-state index contributed by atoms with van der Waals surface area (Å²) in [6, 6.07) is 3.85. The average Bonchev–Trinajstić information content (AvgIpc) is 2.90. The van der Waals surface area contributed by atoms with E-state index in [2.05, 4.69) is 5.32 Å². The van der Waals surface area contributed by atoms with Crippen LogP contribution in [0.15, 0.2) is 12.1 Å². The zero-order valence-electron chi connectivity index (χ0n) is 10.3. The molecule has 17 heavy (non-hydrogen) atoms. The zero-order valence-corrected chi connectivity index (χ0v) is 11.1. The lowest BCUT2D eigenvalue weighted by atomic mass is 10.1. The first-order valence-electron chi connectivity index (χ1n) is 5.45. The molecule has 0 aromatic heterocycles. The van der Waals surface area contributed by atoms with E-state index in [0.717, 1.165) is 29.4 Å². The first-order valence-corrected chi connectivity index (χ1v) is 6.50. The topological polar surface area (TPSA) is 39.7 Å².